The summed E-state index contributed by atoms with van der Waals surface area (Å²) < 4.78 is 0. The number of aliphatic hydroxyl groups excluding tert-OH is 1. The first-order chi connectivity index (χ1) is 6.27. The Hall–Kier alpha value is -1.36. The number of hydrogen-bond acceptors (Lipinski definition) is 5. The second-order valence-electron chi connectivity index (χ2n) is 2.66. The maximum absolute atomic E-state index is 8.72. The molecule has 0 aliphatic heterocycles. The van der Waals surface area contributed by atoms with Crippen LogP contribution in [0.5, 0.6) is 0 Å². The second kappa shape index (κ2) is 4.61. The van der Waals surface area contributed by atoms with Crippen LogP contribution in [0.4, 0.5) is 11.6 Å². The van der Waals surface area contributed by atoms with E-state index in [0.717, 1.165) is 11.6 Å². The Morgan fingerprint density at radius 1 is 1.54 bits per heavy atom. The molecule has 0 bridgehead atoms. The predicted octanol–water partition coefficient (Wildman–Crippen LogP) is -0.0532. The lowest BCUT2D eigenvalue weighted by atomic mass is 10.4. The van der Waals surface area contributed by atoms with Gasteiger partial charge in [-0.15, -0.1) is 0 Å². The molecular formula is C8H14N4O. The topological polar surface area (TPSA) is 61.3 Å². The summed E-state index contributed by atoms with van der Waals surface area (Å²) in [6, 6.07) is 1.83. The Kier molecular flexibility index (Phi) is 3.45. The van der Waals surface area contributed by atoms with Crippen molar-refractivity contribution in [2.24, 2.45) is 0 Å². The van der Waals surface area contributed by atoms with Crippen LogP contribution in [0.15, 0.2) is 12.4 Å². The molecule has 0 aromatic carbocycles. The molecule has 1 aromatic rings. The van der Waals surface area contributed by atoms with E-state index in [1.54, 1.807) is 7.05 Å². The van der Waals surface area contributed by atoms with Gasteiger partial charge < -0.3 is 15.3 Å². The average Bonchev–Trinajstić information content (AvgIpc) is 2.18. The van der Waals surface area contributed by atoms with Crippen molar-refractivity contribution in [1.82, 2.24) is 9.97 Å². The molecule has 0 fully saturated rings. The van der Waals surface area contributed by atoms with Crippen LogP contribution in [-0.2, 0) is 0 Å². The molecule has 0 unspecified atom stereocenters. The van der Waals surface area contributed by atoms with E-state index < -0.39 is 0 Å². The van der Waals surface area contributed by atoms with Crippen LogP contribution in [0.1, 0.15) is 0 Å². The van der Waals surface area contributed by atoms with Gasteiger partial charge in [0.1, 0.15) is 18.0 Å². The molecule has 0 saturated heterocycles. The largest absolute Gasteiger partial charge is 0.395 e. The van der Waals surface area contributed by atoms with E-state index in [1.165, 1.54) is 6.33 Å². The van der Waals surface area contributed by atoms with Crippen LogP contribution in [0, 0.1) is 0 Å². The highest BCUT2D eigenvalue weighted by atomic mass is 16.3. The van der Waals surface area contributed by atoms with Gasteiger partial charge in [-0.1, -0.05) is 0 Å². The fourth-order valence-electron chi connectivity index (χ4n) is 0.957. The van der Waals surface area contributed by atoms with Gasteiger partial charge in [0.25, 0.3) is 0 Å². The maximum Gasteiger partial charge on any atom is 0.133 e. The lowest BCUT2D eigenvalue weighted by molar-refractivity contribution is 0.304. The monoisotopic (exact) mass is 182 g/mol. The van der Waals surface area contributed by atoms with Crippen molar-refractivity contribution < 1.29 is 5.11 Å². The van der Waals surface area contributed by atoms with E-state index in [2.05, 4.69) is 15.3 Å². The van der Waals surface area contributed by atoms with Crippen molar-refractivity contribution in [1.29, 1.82) is 0 Å². The third-order valence-electron chi connectivity index (χ3n) is 1.74. The minimum Gasteiger partial charge on any atom is -0.395 e. The first-order valence-corrected chi connectivity index (χ1v) is 4.09. The van der Waals surface area contributed by atoms with Gasteiger partial charge in [-0.3, -0.25) is 0 Å². The SMILES string of the molecule is CNc1cc(N(C)CCO)ncn1. The highest BCUT2D eigenvalue weighted by Crippen LogP contribution is 2.10. The summed E-state index contributed by atoms with van der Waals surface area (Å²) in [5, 5.41) is 11.6. The molecule has 72 valence electrons. The number of aliphatic hydroxyl groups is 1. The summed E-state index contributed by atoms with van der Waals surface area (Å²) >= 11 is 0. The van der Waals surface area contributed by atoms with Gasteiger partial charge in [0.05, 0.1) is 6.61 Å². The van der Waals surface area contributed by atoms with E-state index in [0.29, 0.717) is 6.54 Å². The quantitative estimate of drug-likeness (QED) is 0.683. The lowest BCUT2D eigenvalue weighted by Crippen LogP contribution is -2.22. The van der Waals surface area contributed by atoms with E-state index >= 15 is 0 Å². The lowest BCUT2D eigenvalue weighted by Gasteiger charge is -2.16. The zero-order valence-corrected chi connectivity index (χ0v) is 7.86. The smallest absolute Gasteiger partial charge is 0.133 e. The third kappa shape index (κ3) is 2.55. The third-order valence-corrected chi connectivity index (χ3v) is 1.74. The molecule has 0 saturated carbocycles. The fraction of sp³-hybridized carbons (Fsp3) is 0.500. The number of nitrogens with zero attached hydrogens (tertiary/aromatic N) is 3. The van der Waals surface area contributed by atoms with Crippen LogP contribution in [-0.4, -0.2) is 42.3 Å². The van der Waals surface area contributed by atoms with Gasteiger partial charge in [-0.25, -0.2) is 9.97 Å². The van der Waals surface area contributed by atoms with Gasteiger partial charge in [0.15, 0.2) is 0 Å². The Balaban J connectivity index is 2.75. The minimum atomic E-state index is 0.120. The summed E-state index contributed by atoms with van der Waals surface area (Å²) in [5.74, 6) is 1.57. The summed E-state index contributed by atoms with van der Waals surface area (Å²) in [6.45, 7) is 0.690. The van der Waals surface area contributed by atoms with Crippen LogP contribution in [0.25, 0.3) is 0 Å². The zero-order valence-electron chi connectivity index (χ0n) is 7.86. The molecule has 1 heterocycles. The Morgan fingerprint density at radius 3 is 2.92 bits per heavy atom. The van der Waals surface area contributed by atoms with Gasteiger partial charge >= 0.3 is 0 Å². The Bertz CT molecular complexity index is 266. The normalized spacial score (nSPS) is 9.77. The van der Waals surface area contributed by atoms with Gasteiger partial charge in [0.2, 0.25) is 0 Å². The van der Waals surface area contributed by atoms with Crippen molar-refractivity contribution >= 4 is 11.6 Å². The van der Waals surface area contributed by atoms with E-state index in [1.807, 2.05) is 18.0 Å². The van der Waals surface area contributed by atoms with Gasteiger partial charge in [-0.05, 0) is 0 Å². The number of nitrogens with one attached hydrogen (secondary N) is 1. The maximum atomic E-state index is 8.72. The van der Waals surface area contributed by atoms with Crippen LogP contribution in [0.2, 0.25) is 0 Å². The average molecular weight is 182 g/mol. The van der Waals surface area contributed by atoms with Crippen molar-refractivity contribution in [3.63, 3.8) is 0 Å². The summed E-state index contributed by atoms with van der Waals surface area (Å²) in [5.41, 5.74) is 0. The molecule has 1 rings (SSSR count). The van der Waals surface area contributed by atoms with E-state index in [-0.39, 0.29) is 6.61 Å². The molecule has 0 aliphatic rings. The molecule has 5 nitrogen and oxygen atoms in total. The second-order valence-corrected chi connectivity index (χ2v) is 2.66. The summed E-state index contributed by atoms with van der Waals surface area (Å²) in [4.78, 5) is 9.92. The molecule has 2 N–H and O–H groups in total. The molecule has 5 heteroatoms. The number of rotatable bonds is 4. The molecular weight excluding hydrogens is 168 g/mol. The first kappa shape index (κ1) is 9.73. The van der Waals surface area contributed by atoms with Crippen molar-refractivity contribution in [3.05, 3.63) is 12.4 Å². The van der Waals surface area contributed by atoms with Gasteiger partial charge in [-0.2, -0.15) is 0 Å². The van der Waals surface area contributed by atoms with Gasteiger partial charge in [0, 0.05) is 26.7 Å². The van der Waals surface area contributed by atoms with Crippen LogP contribution in [0.3, 0.4) is 0 Å². The van der Waals surface area contributed by atoms with E-state index in [4.69, 9.17) is 5.11 Å². The predicted molar refractivity (Wildman–Crippen MR) is 51.9 cm³/mol. The standard InChI is InChI=1S/C8H14N4O/c1-9-7-5-8(11-6-10-7)12(2)3-4-13/h5-6,13H,3-4H2,1-2H3,(H,9,10,11). The molecule has 0 aliphatic carbocycles. The molecule has 13 heavy (non-hydrogen) atoms. The van der Waals surface area contributed by atoms with Crippen molar-refractivity contribution in [3.8, 4) is 0 Å². The van der Waals surface area contributed by atoms with E-state index in [9.17, 15) is 0 Å². The molecule has 0 atom stereocenters. The summed E-state index contributed by atoms with van der Waals surface area (Å²) in [6.07, 6.45) is 1.50. The molecule has 0 amide bonds. The minimum absolute atomic E-state index is 0.120. The Labute approximate surface area is 77.4 Å². The Morgan fingerprint density at radius 2 is 2.31 bits per heavy atom. The number of likely N-dealkylation sites (N-methyl/N-ethyl adjacent to an activating group) is 1. The summed E-state index contributed by atoms with van der Waals surface area (Å²) in [7, 11) is 3.68. The molecule has 0 radical (unpaired) electrons. The zero-order chi connectivity index (χ0) is 9.68. The fourth-order valence-corrected chi connectivity index (χ4v) is 0.957. The number of hydrogen-bond donors (Lipinski definition) is 2. The molecule has 0 spiro atoms. The molecule has 1 aromatic heterocycles. The number of aromatic nitrogens is 2. The first-order valence-electron chi connectivity index (χ1n) is 4.09. The van der Waals surface area contributed by atoms with Crippen molar-refractivity contribution in [2.75, 3.05) is 37.5 Å². The van der Waals surface area contributed by atoms with Crippen molar-refractivity contribution in [2.45, 2.75) is 0 Å². The van der Waals surface area contributed by atoms with Crippen LogP contribution >= 0.6 is 0 Å². The highest BCUT2D eigenvalue weighted by Gasteiger charge is 2.01. The number of anilines is 2. The van der Waals surface area contributed by atoms with Crippen LogP contribution < -0.4 is 10.2 Å². The highest BCUT2D eigenvalue weighted by molar-refractivity contribution is 5.47.